The molecule has 0 aromatic heterocycles. The van der Waals surface area contributed by atoms with Crippen LogP contribution in [0.2, 0.25) is 0 Å². The number of methoxy groups -OCH3 is 1. The van der Waals surface area contributed by atoms with Crippen molar-refractivity contribution in [1.82, 2.24) is 10.2 Å². The molecule has 1 saturated heterocycles. The van der Waals surface area contributed by atoms with E-state index in [9.17, 15) is 9.59 Å². The fourth-order valence-electron chi connectivity index (χ4n) is 2.00. The monoisotopic (exact) mass is 244 g/mol. The Morgan fingerprint density at radius 1 is 1.53 bits per heavy atom. The predicted molar refractivity (Wildman–Crippen MR) is 61.7 cm³/mol. The summed E-state index contributed by atoms with van der Waals surface area (Å²) in [6.45, 7) is 3.68. The van der Waals surface area contributed by atoms with Gasteiger partial charge in [0.15, 0.2) is 0 Å². The van der Waals surface area contributed by atoms with E-state index in [1.807, 2.05) is 6.92 Å². The highest BCUT2D eigenvalue weighted by atomic mass is 16.5. The minimum atomic E-state index is -0.996. The number of hydrogen-bond donors (Lipinski definition) is 2. The van der Waals surface area contributed by atoms with Gasteiger partial charge in [-0.25, -0.2) is 0 Å². The summed E-state index contributed by atoms with van der Waals surface area (Å²) in [5, 5.41) is 11.9. The molecular weight excluding hydrogens is 224 g/mol. The van der Waals surface area contributed by atoms with Gasteiger partial charge in [-0.3, -0.25) is 9.59 Å². The molecule has 2 N–H and O–H groups in total. The molecule has 0 spiro atoms. The number of carboxylic acids is 1. The average Bonchev–Trinajstić information content (AvgIpc) is 2.71. The molecular formula is C11H20N2O4. The van der Waals surface area contributed by atoms with E-state index < -0.39 is 11.4 Å². The molecule has 1 unspecified atom stereocenters. The highest BCUT2D eigenvalue weighted by molar-refractivity contribution is 5.86. The van der Waals surface area contributed by atoms with Crippen molar-refractivity contribution in [3.63, 3.8) is 0 Å². The van der Waals surface area contributed by atoms with E-state index in [0.717, 1.165) is 13.0 Å². The van der Waals surface area contributed by atoms with Crippen molar-refractivity contribution in [3.05, 3.63) is 0 Å². The SMILES string of the molecule is COCCN(CC(=O)O)C(=O)C1(C)CCNC1. The van der Waals surface area contributed by atoms with Crippen LogP contribution in [-0.4, -0.2) is 61.8 Å². The zero-order valence-electron chi connectivity index (χ0n) is 10.4. The predicted octanol–water partition coefficient (Wildman–Crippen LogP) is -0.454. The van der Waals surface area contributed by atoms with Crippen molar-refractivity contribution >= 4 is 11.9 Å². The smallest absolute Gasteiger partial charge is 0.323 e. The fraction of sp³-hybridized carbons (Fsp3) is 0.818. The Hall–Kier alpha value is -1.14. The molecule has 0 bridgehead atoms. The summed E-state index contributed by atoms with van der Waals surface area (Å²) in [5.41, 5.74) is -0.483. The van der Waals surface area contributed by atoms with Gasteiger partial charge in [0.2, 0.25) is 5.91 Å². The van der Waals surface area contributed by atoms with E-state index in [1.54, 1.807) is 0 Å². The Labute approximate surface area is 101 Å². The number of rotatable bonds is 6. The van der Waals surface area contributed by atoms with Crippen molar-refractivity contribution in [2.45, 2.75) is 13.3 Å². The zero-order chi connectivity index (χ0) is 12.9. The van der Waals surface area contributed by atoms with Gasteiger partial charge >= 0.3 is 5.97 Å². The molecule has 0 saturated carbocycles. The van der Waals surface area contributed by atoms with Gasteiger partial charge in [0.25, 0.3) is 0 Å². The number of hydrogen-bond acceptors (Lipinski definition) is 4. The minimum absolute atomic E-state index is 0.109. The summed E-state index contributed by atoms with van der Waals surface area (Å²) < 4.78 is 4.90. The first kappa shape index (κ1) is 13.9. The molecule has 0 aromatic carbocycles. The number of ether oxygens (including phenoxy) is 1. The molecule has 98 valence electrons. The van der Waals surface area contributed by atoms with Crippen LogP contribution in [0.4, 0.5) is 0 Å². The van der Waals surface area contributed by atoms with E-state index in [4.69, 9.17) is 9.84 Å². The lowest BCUT2D eigenvalue weighted by atomic mass is 9.88. The summed E-state index contributed by atoms with van der Waals surface area (Å²) in [4.78, 5) is 24.4. The Morgan fingerprint density at radius 3 is 2.71 bits per heavy atom. The number of carbonyl (C=O) groups excluding carboxylic acids is 1. The summed E-state index contributed by atoms with van der Waals surface area (Å²) >= 11 is 0. The average molecular weight is 244 g/mol. The van der Waals surface area contributed by atoms with E-state index in [1.165, 1.54) is 12.0 Å². The van der Waals surface area contributed by atoms with Crippen LogP contribution >= 0.6 is 0 Å². The van der Waals surface area contributed by atoms with Gasteiger partial charge in [0, 0.05) is 20.2 Å². The Morgan fingerprint density at radius 2 is 2.24 bits per heavy atom. The van der Waals surface area contributed by atoms with Crippen molar-refractivity contribution < 1.29 is 19.4 Å². The fourth-order valence-corrected chi connectivity index (χ4v) is 2.00. The molecule has 0 aliphatic carbocycles. The van der Waals surface area contributed by atoms with Crippen LogP contribution < -0.4 is 5.32 Å². The number of carbonyl (C=O) groups is 2. The summed E-state index contributed by atoms with van der Waals surface area (Å²) in [6.07, 6.45) is 0.745. The standard InChI is InChI=1S/C11H20N2O4/c1-11(3-4-12-8-11)10(16)13(5-6-17-2)7-9(14)15/h12H,3-8H2,1-2H3,(H,14,15). The van der Waals surface area contributed by atoms with Gasteiger partial charge in [0.1, 0.15) is 6.54 Å². The molecule has 6 heteroatoms. The minimum Gasteiger partial charge on any atom is -0.480 e. The van der Waals surface area contributed by atoms with Gasteiger partial charge in [-0.05, 0) is 19.9 Å². The second-order valence-corrected chi connectivity index (χ2v) is 4.60. The van der Waals surface area contributed by atoms with Crippen LogP contribution in [0, 0.1) is 5.41 Å². The normalized spacial score (nSPS) is 23.6. The molecule has 1 aliphatic heterocycles. The number of aliphatic carboxylic acids is 1. The molecule has 1 rings (SSSR count). The molecule has 0 aromatic rings. The van der Waals surface area contributed by atoms with Crippen molar-refractivity contribution in [1.29, 1.82) is 0 Å². The van der Waals surface area contributed by atoms with Crippen LogP contribution in [0.3, 0.4) is 0 Å². The van der Waals surface area contributed by atoms with E-state index >= 15 is 0 Å². The molecule has 0 radical (unpaired) electrons. The van der Waals surface area contributed by atoms with E-state index in [-0.39, 0.29) is 12.5 Å². The lowest BCUT2D eigenvalue weighted by Gasteiger charge is -2.30. The third kappa shape index (κ3) is 3.67. The maximum absolute atomic E-state index is 12.3. The molecule has 1 atom stereocenters. The maximum atomic E-state index is 12.3. The number of carboxylic acid groups (broad SMARTS) is 1. The molecule has 1 amide bonds. The van der Waals surface area contributed by atoms with Crippen LogP contribution in [0.5, 0.6) is 0 Å². The lowest BCUT2D eigenvalue weighted by Crippen LogP contribution is -2.47. The molecule has 17 heavy (non-hydrogen) atoms. The third-order valence-electron chi connectivity index (χ3n) is 3.06. The van der Waals surface area contributed by atoms with Gasteiger partial charge in [0.05, 0.1) is 12.0 Å². The van der Waals surface area contributed by atoms with Crippen LogP contribution in [-0.2, 0) is 14.3 Å². The largest absolute Gasteiger partial charge is 0.480 e. The molecule has 6 nitrogen and oxygen atoms in total. The second kappa shape index (κ2) is 5.97. The lowest BCUT2D eigenvalue weighted by molar-refractivity contribution is -0.149. The Kier molecular flexibility index (Phi) is 4.89. The second-order valence-electron chi connectivity index (χ2n) is 4.60. The van der Waals surface area contributed by atoms with Crippen molar-refractivity contribution in [2.24, 2.45) is 5.41 Å². The number of nitrogens with one attached hydrogen (secondary N) is 1. The van der Waals surface area contributed by atoms with Crippen molar-refractivity contribution in [3.8, 4) is 0 Å². The van der Waals surface area contributed by atoms with E-state index in [0.29, 0.717) is 19.7 Å². The van der Waals surface area contributed by atoms with Crippen LogP contribution in [0.25, 0.3) is 0 Å². The first-order valence-electron chi connectivity index (χ1n) is 5.70. The van der Waals surface area contributed by atoms with Crippen LogP contribution in [0.15, 0.2) is 0 Å². The summed E-state index contributed by atoms with van der Waals surface area (Å²) in [7, 11) is 1.53. The number of amides is 1. The van der Waals surface area contributed by atoms with Crippen molar-refractivity contribution in [2.75, 3.05) is 39.9 Å². The Balaban J connectivity index is 2.67. The summed E-state index contributed by atoms with van der Waals surface area (Å²) in [6, 6.07) is 0. The molecule has 1 fully saturated rings. The van der Waals surface area contributed by atoms with Crippen LogP contribution in [0.1, 0.15) is 13.3 Å². The van der Waals surface area contributed by atoms with Gasteiger partial charge < -0.3 is 20.1 Å². The van der Waals surface area contributed by atoms with Gasteiger partial charge in [-0.15, -0.1) is 0 Å². The zero-order valence-corrected chi connectivity index (χ0v) is 10.4. The van der Waals surface area contributed by atoms with Gasteiger partial charge in [-0.2, -0.15) is 0 Å². The highest BCUT2D eigenvalue weighted by Gasteiger charge is 2.39. The topological polar surface area (TPSA) is 78.9 Å². The first-order chi connectivity index (χ1) is 7.99. The third-order valence-corrected chi connectivity index (χ3v) is 3.06. The van der Waals surface area contributed by atoms with E-state index in [2.05, 4.69) is 5.32 Å². The Bertz CT molecular complexity index is 287. The first-order valence-corrected chi connectivity index (χ1v) is 5.70. The molecule has 1 heterocycles. The molecule has 1 aliphatic rings. The maximum Gasteiger partial charge on any atom is 0.323 e. The summed E-state index contributed by atoms with van der Waals surface area (Å²) in [5.74, 6) is -1.11. The quantitative estimate of drug-likeness (QED) is 0.661. The highest BCUT2D eigenvalue weighted by Crippen LogP contribution is 2.27. The number of nitrogens with zero attached hydrogens (tertiary/aromatic N) is 1. The van der Waals surface area contributed by atoms with Gasteiger partial charge in [-0.1, -0.05) is 0 Å².